The lowest BCUT2D eigenvalue weighted by Gasteiger charge is -2.08. The molecule has 13 heavy (non-hydrogen) atoms. The van der Waals surface area contributed by atoms with E-state index >= 15 is 0 Å². The van der Waals surface area contributed by atoms with Crippen LogP contribution in [0.4, 0.5) is 5.95 Å². The smallest absolute Gasteiger partial charge is 0.265 e. The van der Waals surface area contributed by atoms with Gasteiger partial charge in [-0.3, -0.25) is 0 Å². The minimum atomic E-state index is 0.131. The van der Waals surface area contributed by atoms with Gasteiger partial charge in [-0.1, -0.05) is 6.92 Å². The summed E-state index contributed by atoms with van der Waals surface area (Å²) in [7, 11) is 1.92. The molecule has 1 aromatic heterocycles. The molecule has 0 aliphatic rings. The average molecular weight is 184 g/mol. The van der Waals surface area contributed by atoms with Crippen LogP contribution in [0.1, 0.15) is 25.7 Å². The summed E-state index contributed by atoms with van der Waals surface area (Å²) >= 11 is 0. The van der Waals surface area contributed by atoms with Gasteiger partial charge in [0.25, 0.3) is 5.95 Å². The molecular weight excluding hydrogens is 168 g/mol. The number of nitrogens with zero attached hydrogens (tertiary/aromatic N) is 3. The number of nitrogens with two attached hydrogens (primary N) is 1. The summed E-state index contributed by atoms with van der Waals surface area (Å²) in [6, 6.07) is 0. The summed E-state index contributed by atoms with van der Waals surface area (Å²) in [5, 5.41) is 3.84. The Morgan fingerprint density at radius 2 is 2.31 bits per heavy atom. The van der Waals surface area contributed by atoms with Crippen molar-refractivity contribution in [3.63, 3.8) is 0 Å². The normalized spacial score (nSPS) is 12.9. The molecule has 1 aromatic rings. The Bertz CT molecular complexity index is 236. The average Bonchev–Trinajstić information content (AvgIpc) is 2.64. The Morgan fingerprint density at radius 1 is 1.62 bits per heavy atom. The lowest BCUT2D eigenvalue weighted by Crippen LogP contribution is -2.17. The van der Waals surface area contributed by atoms with Crippen molar-refractivity contribution in [1.82, 2.24) is 10.1 Å². The molecule has 0 aliphatic carbocycles. The molecule has 0 aliphatic heterocycles. The molecule has 1 heterocycles. The summed E-state index contributed by atoms with van der Waals surface area (Å²) < 4.78 is 5.06. The third kappa shape index (κ3) is 2.18. The van der Waals surface area contributed by atoms with Crippen LogP contribution in [0.3, 0.4) is 0 Å². The molecule has 0 fully saturated rings. The first-order valence-corrected chi connectivity index (χ1v) is 4.43. The Kier molecular flexibility index (Phi) is 3.25. The molecule has 0 saturated carbocycles. The monoisotopic (exact) mass is 184 g/mol. The summed E-state index contributed by atoms with van der Waals surface area (Å²) in [6.45, 7) is 5.37. The second-order valence-electron chi connectivity index (χ2n) is 3.08. The molecule has 0 amide bonds. The first-order chi connectivity index (χ1) is 6.19. The lowest BCUT2D eigenvalue weighted by atomic mass is 10.2. The number of hydrogen-bond acceptors (Lipinski definition) is 5. The van der Waals surface area contributed by atoms with Crippen molar-refractivity contribution in [2.75, 3.05) is 25.0 Å². The van der Waals surface area contributed by atoms with Gasteiger partial charge in [-0.2, -0.15) is 4.98 Å². The van der Waals surface area contributed by atoms with E-state index in [-0.39, 0.29) is 5.92 Å². The maximum absolute atomic E-state index is 5.48. The van der Waals surface area contributed by atoms with E-state index in [2.05, 4.69) is 10.1 Å². The first kappa shape index (κ1) is 9.98. The van der Waals surface area contributed by atoms with Crippen LogP contribution < -0.4 is 10.6 Å². The number of hydrogen-bond donors (Lipinski definition) is 1. The van der Waals surface area contributed by atoms with Gasteiger partial charge >= 0.3 is 0 Å². The van der Waals surface area contributed by atoms with Gasteiger partial charge in [0.05, 0.1) is 0 Å². The quantitative estimate of drug-likeness (QED) is 0.741. The van der Waals surface area contributed by atoms with E-state index in [1.807, 2.05) is 25.8 Å². The zero-order chi connectivity index (χ0) is 9.84. The van der Waals surface area contributed by atoms with Gasteiger partial charge in [-0.15, -0.1) is 0 Å². The standard InChI is InChI=1S/C8H16N4O/c1-4-12(3)8-10-7(13-11-8)6(2)5-9/h6H,4-5,9H2,1-3H3. The van der Waals surface area contributed by atoms with Crippen LogP contribution in [0.5, 0.6) is 0 Å². The number of anilines is 1. The van der Waals surface area contributed by atoms with Crippen LogP contribution >= 0.6 is 0 Å². The third-order valence-electron chi connectivity index (χ3n) is 2.02. The lowest BCUT2D eigenvalue weighted by molar-refractivity contribution is 0.360. The van der Waals surface area contributed by atoms with Crippen LogP contribution in [-0.4, -0.2) is 30.3 Å². The Morgan fingerprint density at radius 3 is 2.85 bits per heavy atom. The van der Waals surface area contributed by atoms with Gasteiger partial charge in [0.2, 0.25) is 5.89 Å². The first-order valence-electron chi connectivity index (χ1n) is 4.43. The van der Waals surface area contributed by atoms with Gasteiger partial charge in [0, 0.05) is 26.1 Å². The Hall–Kier alpha value is -1.10. The van der Waals surface area contributed by atoms with Crippen LogP contribution in [0.25, 0.3) is 0 Å². The zero-order valence-corrected chi connectivity index (χ0v) is 8.32. The fourth-order valence-corrected chi connectivity index (χ4v) is 0.824. The predicted octanol–water partition coefficient (Wildman–Crippen LogP) is 0.588. The highest BCUT2D eigenvalue weighted by atomic mass is 16.5. The van der Waals surface area contributed by atoms with Crippen LogP contribution in [0.2, 0.25) is 0 Å². The molecule has 0 spiro atoms. The molecule has 5 heteroatoms. The van der Waals surface area contributed by atoms with Crippen molar-refractivity contribution in [2.24, 2.45) is 5.73 Å². The van der Waals surface area contributed by atoms with E-state index in [0.717, 1.165) is 6.54 Å². The minimum absolute atomic E-state index is 0.131. The maximum atomic E-state index is 5.48. The highest BCUT2D eigenvalue weighted by Gasteiger charge is 2.13. The molecule has 74 valence electrons. The van der Waals surface area contributed by atoms with Crippen molar-refractivity contribution in [1.29, 1.82) is 0 Å². The van der Waals surface area contributed by atoms with Crippen molar-refractivity contribution in [3.8, 4) is 0 Å². The molecule has 0 radical (unpaired) electrons. The van der Waals surface area contributed by atoms with Crippen molar-refractivity contribution in [3.05, 3.63) is 5.89 Å². The maximum Gasteiger partial charge on any atom is 0.265 e. The molecular formula is C8H16N4O. The number of aromatic nitrogens is 2. The van der Waals surface area contributed by atoms with Gasteiger partial charge in [0.15, 0.2) is 0 Å². The largest absolute Gasteiger partial charge is 0.342 e. The van der Waals surface area contributed by atoms with E-state index in [9.17, 15) is 0 Å². The third-order valence-corrected chi connectivity index (χ3v) is 2.02. The van der Waals surface area contributed by atoms with E-state index in [1.54, 1.807) is 0 Å². The van der Waals surface area contributed by atoms with Gasteiger partial charge in [0.1, 0.15) is 0 Å². The summed E-state index contributed by atoms with van der Waals surface area (Å²) in [5.41, 5.74) is 5.48. The zero-order valence-electron chi connectivity index (χ0n) is 8.32. The van der Waals surface area contributed by atoms with Crippen molar-refractivity contribution >= 4 is 5.95 Å². The fourth-order valence-electron chi connectivity index (χ4n) is 0.824. The minimum Gasteiger partial charge on any atom is -0.342 e. The van der Waals surface area contributed by atoms with Gasteiger partial charge in [-0.05, 0) is 12.1 Å². The molecule has 0 bridgehead atoms. The molecule has 0 saturated heterocycles. The van der Waals surface area contributed by atoms with Crippen molar-refractivity contribution < 1.29 is 4.52 Å². The van der Waals surface area contributed by atoms with Gasteiger partial charge in [-0.25, -0.2) is 0 Å². The summed E-state index contributed by atoms with van der Waals surface area (Å²) in [5.74, 6) is 1.36. The summed E-state index contributed by atoms with van der Waals surface area (Å²) in [6.07, 6.45) is 0. The predicted molar refractivity (Wildman–Crippen MR) is 50.7 cm³/mol. The molecule has 1 atom stereocenters. The molecule has 1 rings (SSSR count). The van der Waals surface area contributed by atoms with Gasteiger partial charge < -0.3 is 15.2 Å². The molecule has 5 nitrogen and oxygen atoms in total. The SMILES string of the molecule is CCN(C)c1noc(C(C)CN)n1. The van der Waals surface area contributed by atoms with E-state index < -0.39 is 0 Å². The highest BCUT2D eigenvalue weighted by molar-refractivity contribution is 5.25. The Labute approximate surface area is 77.9 Å². The van der Waals surface area contributed by atoms with E-state index in [4.69, 9.17) is 10.3 Å². The fraction of sp³-hybridized carbons (Fsp3) is 0.750. The van der Waals surface area contributed by atoms with E-state index in [0.29, 0.717) is 18.4 Å². The molecule has 1 unspecified atom stereocenters. The van der Waals surface area contributed by atoms with Crippen LogP contribution in [-0.2, 0) is 0 Å². The topological polar surface area (TPSA) is 68.2 Å². The van der Waals surface area contributed by atoms with E-state index in [1.165, 1.54) is 0 Å². The van der Waals surface area contributed by atoms with Crippen LogP contribution in [0, 0.1) is 0 Å². The van der Waals surface area contributed by atoms with Crippen LogP contribution in [0.15, 0.2) is 4.52 Å². The second-order valence-corrected chi connectivity index (χ2v) is 3.08. The number of rotatable bonds is 4. The molecule has 0 aromatic carbocycles. The summed E-state index contributed by atoms with van der Waals surface area (Å²) in [4.78, 5) is 6.13. The molecule has 2 N–H and O–H groups in total. The highest BCUT2D eigenvalue weighted by Crippen LogP contribution is 2.14. The second kappa shape index (κ2) is 4.23. The Balaban J connectivity index is 2.74. The van der Waals surface area contributed by atoms with Crippen molar-refractivity contribution in [2.45, 2.75) is 19.8 Å².